The Morgan fingerprint density at radius 1 is 0.641 bits per heavy atom. The van der Waals surface area contributed by atoms with Crippen LogP contribution >= 0.6 is 0 Å². The molecule has 3 aromatic carbocycles. The fourth-order valence-electron chi connectivity index (χ4n) is 4.52. The molecule has 1 heterocycles. The van der Waals surface area contributed by atoms with Crippen LogP contribution in [0, 0.1) is 30.2 Å². The summed E-state index contributed by atoms with van der Waals surface area (Å²) in [7, 11) is 0. The lowest BCUT2D eigenvalue weighted by molar-refractivity contribution is 0.285. The highest BCUT2D eigenvalue weighted by molar-refractivity contribution is 5.66. The van der Waals surface area contributed by atoms with Crippen molar-refractivity contribution in [3.63, 3.8) is 0 Å². The molecular weight excluding hydrogens is 502 g/mol. The van der Waals surface area contributed by atoms with Crippen molar-refractivity contribution in [3.8, 4) is 28.0 Å². The molecule has 39 heavy (non-hydrogen) atoms. The molecule has 0 atom stereocenters. The molecular formula is C33H33F4NO. The van der Waals surface area contributed by atoms with E-state index < -0.39 is 23.3 Å². The predicted molar refractivity (Wildman–Crippen MR) is 148 cm³/mol. The molecule has 2 nitrogen and oxygen atoms in total. The molecule has 0 saturated heterocycles. The maximum absolute atomic E-state index is 14.8. The molecule has 0 spiro atoms. The van der Waals surface area contributed by atoms with Gasteiger partial charge in [0.1, 0.15) is 0 Å². The average Bonchev–Trinajstić information content (AvgIpc) is 2.95. The molecule has 6 heteroatoms. The number of hydrogen-bond acceptors (Lipinski definition) is 2. The number of pyridine rings is 1. The molecule has 1 aromatic heterocycles. The highest BCUT2D eigenvalue weighted by atomic mass is 19.2. The van der Waals surface area contributed by atoms with Crippen LogP contribution in [0.1, 0.15) is 55.8 Å². The Labute approximate surface area is 227 Å². The van der Waals surface area contributed by atoms with Crippen LogP contribution in [-0.2, 0) is 12.8 Å². The van der Waals surface area contributed by atoms with Crippen LogP contribution in [0.25, 0.3) is 22.3 Å². The van der Waals surface area contributed by atoms with Gasteiger partial charge in [0, 0.05) is 28.6 Å². The minimum absolute atomic E-state index is 0.0812. The largest absolute Gasteiger partial charge is 0.490 e. The monoisotopic (exact) mass is 535 g/mol. The second kappa shape index (κ2) is 13.4. The molecule has 0 N–H and O–H groups in total. The van der Waals surface area contributed by atoms with Crippen molar-refractivity contribution < 1.29 is 22.3 Å². The molecule has 0 amide bonds. The van der Waals surface area contributed by atoms with E-state index >= 15 is 0 Å². The van der Waals surface area contributed by atoms with Gasteiger partial charge in [-0.25, -0.2) is 13.2 Å². The zero-order valence-electron chi connectivity index (χ0n) is 22.4. The van der Waals surface area contributed by atoms with Crippen molar-refractivity contribution in [3.05, 3.63) is 107 Å². The van der Waals surface area contributed by atoms with Crippen molar-refractivity contribution in [2.24, 2.45) is 0 Å². The minimum atomic E-state index is -0.993. The van der Waals surface area contributed by atoms with Gasteiger partial charge in [0.15, 0.2) is 23.2 Å². The van der Waals surface area contributed by atoms with E-state index in [1.165, 1.54) is 18.3 Å². The summed E-state index contributed by atoms with van der Waals surface area (Å²) >= 11 is 0. The quantitative estimate of drug-likeness (QED) is 0.133. The number of hydrogen-bond donors (Lipinski definition) is 0. The van der Waals surface area contributed by atoms with Crippen molar-refractivity contribution in [2.75, 3.05) is 6.61 Å². The van der Waals surface area contributed by atoms with Crippen LogP contribution in [0.2, 0.25) is 0 Å². The number of aromatic nitrogens is 1. The van der Waals surface area contributed by atoms with Gasteiger partial charge in [-0.15, -0.1) is 0 Å². The van der Waals surface area contributed by atoms with E-state index in [1.54, 1.807) is 48.5 Å². The Kier molecular flexibility index (Phi) is 9.74. The number of aryl methyl sites for hydroxylation is 3. The zero-order valence-corrected chi connectivity index (χ0v) is 22.4. The summed E-state index contributed by atoms with van der Waals surface area (Å²) in [5.41, 5.74) is 3.29. The first-order valence-electron chi connectivity index (χ1n) is 13.5. The maximum atomic E-state index is 14.8. The van der Waals surface area contributed by atoms with Crippen LogP contribution in [0.4, 0.5) is 17.6 Å². The summed E-state index contributed by atoms with van der Waals surface area (Å²) in [5, 5.41) is 0. The molecule has 0 aliphatic rings. The lowest BCUT2D eigenvalue weighted by Crippen LogP contribution is -2.02. The van der Waals surface area contributed by atoms with Gasteiger partial charge in [-0.2, -0.15) is 4.39 Å². The SMILES string of the molecule is CCCCCCCOc1ccc(-c2ccc(CCc3ccc(-c4ccc(C)nc4)c(F)c3F)cc2)c(F)c1F. The third kappa shape index (κ3) is 7.05. The lowest BCUT2D eigenvalue weighted by Gasteiger charge is -2.11. The van der Waals surface area contributed by atoms with E-state index in [9.17, 15) is 17.6 Å². The smallest absolute Gasteiger partial charge is 0.201 e. The van der Waals surface area contributed by atoms with E-state index in [-0.39, 0.29) is 22.4 Å². The number of rotatable bonds is 12. The topological polar surface area (TPSA) is 22.1 Å². The first-order valence-corrected chi connectivity index (χ1v) is 13.5. The van der Waals surface area contributed by atoms with Gasteiger partial charge in [-0.1, -0.05) is 75.1 Å². The van der Waals surface area contributed by atoms with Crippen molar-refractivity contribution >= 4 is 0 Å². The first-order chi connectivity index (χ1) is 18.9. The summed E-state index contributed by atoms with van der Waals surface area (Å²) in [6, 6.07) is 16.6. The molecule has 0 fully saturated rings. The molecule has 0 aliphatic carbocycles. The van der Waals surface area contributed by atoms with Gasteiger partial charge >= 0.3 is 0 Å². The standard InChI is InChI=1S/C33H33F4NO/c1-3-4-5-6-7-20-39-29-19-18-27(32(36)33(29)37)24-13-9-23(10-14-24)11-15-25-16-17-28(31(35)30(25)34)26-12-8-22(2)38-21-26/h8-10,12-14,16-19,21H,3-7,11,15,20H2,1-2H3. The number of nitrogens with zero attached hydrogens (tertiary/aromatic N) is 1. The van der Waals surface area contributed by atoms with E-state index in [4.69, 9.17) is 4.74 Å². The summed E-state index contributed by atoms with van der Waals surface area (Å²) in [6.45, 7) is 4.32. The Balaban J connectivity index is 1.38. The average molecular weight is 536 g/mol. The normalized spacial score (nSPS) is 11.1. The van der Waals surface area contributed by atoms with Gasteiger partial charge < -0.3 is 4.74 Å². The minimum Gasteiger partial charge on any atom is -0.490 e. The predicted octanol–water partition coefficient (Wildman–Crippen LogP) is 9.41. The van der Waals surface area contributed by atoms with Gasteiger partial charge in [0.2, 0.25) is 5.82 Å². The van der Waals surface area contributed by atoms with Crippen LogP contribution in [0.5, 0.6) is 5.75 Å². The Bertz CT molecular complexity index is 1380. The summed E-state index contributed by atoms with van der Waals surface area (Å²) in [5.74, 6) is -3.79. The fourth-order valence-corrected chi connectivity index (χ4v) is 4.52. The Morgan fingerprint density at radius 3 is 2.03 bits per heavy atom. The third-order valence-electron chi connectivity index (χ3n) is 6.88. The number of benzene rings is 3. The van der Waals surface area contributed by atoms with Crippen LogP contribution in [-0.4, -0.2) is 11.6 Å². The molecule has 0 saturated carbocycles. The van der Waals surface area contributed by atoms with E-state index in [0.717, 1.165) is 43.4 Å². The number of unbranched alkanes of at least 4 members (excludes halogenated alkanes) is 4. The summed E-state index contributed by atoms with van der Waals surface area (Å²) in [6.07, 6.45) is 7.49. The molecule has 0 radical (unpaired) electrons. The van der Waals surface area contributed by atoms with Gasteiger partial charge in [-0.3, -0.25) is 4.98 Å². The van der Waals surface area contributed by atoms with E-state index in [2.05, 4.69) is 11.9 Å². The molecule has 0 unspecified atom stereocenters. The Hall–Kier alpha value is -3.67. The number of ether oxygens (including phenoxy) is 1. The third-order valence-corrected chi connectivity index (χ3v) is 6.88. The van der Waals surface area contributed by atoms with Crippen LogP contribution < -0.4 is 4.74 Å². The Morgan fingerprint density at radius 2 is 1.31 bits per heavy atom. The molecule has 0 aliphatic heterocycles. The molecule has 204 valence electrons. The molecule has 4 aromatic rings. The lowest BCUT2D eigenvalue weighted by atomic mass is 9.98. The molecule has 4 rings (SSSR count). The summed E-state index contributed by atoms with van der Waals surface area (Å²) < 4.78 is 64.5. The van der Waals surface area contributed by atoms with Gasteiger partial charge in [-0.05, 0) is 61.1 Å². The maximum Gasteiger partial charge on any atom is 0.201 e. The first kappa shape index (κ1) is 28.3. The summed E-state index contributed by atoms with van der Waals surface area (Å²) in [4.78, 5) is 4.15. The molecule has 0 bridgehead atoms. The number of halogens is 4. The highest BCUT2D eigenvalue weighted by Crippen LogP contribution is 2.31. The fraction of sp³-hybridized carbons (Fsp3) is 0.303. The van der Waals surface area contributed by atoms with Crippen molar-refractivity contribution in [1.29, 1.82) is 0 Å². The zero-order chi connectivity index (χ0) is 27.8. The highest BCUT2D eigenvalue weighted by Gasteiger charge is 2.17. The van der Waals surface area contributed by atoms with E-state index in [0.29, 0.717) is 30.6 Å². The van der Waals surface area contributed by atoms with Crippen molar-refractivity contribution in [1.82, 2.24) is 4.98 Å². The van der Waals surface area contributed by atoms with Gasteiger partial charge in [0.05, 0.1) is 6.61 Å². The van der Waals surface area contributed by atoms with E-state index in [1.807, 2.05) is 6.92 Å². The van der Waals surface area contributed by atoms with Gasteiger partial charge in [0.25, 0.3) is 0 Å². The second-order valence-electron chi connectivity index (χ2n) is 9.79. The van der Waals surface area contributed by atoms with Crippen LogP contribution in [0.3, 0.4) is 0 Å². The second-order valence-corrected chi connectivity index (χ2v) is 9.79. The van der Waals surface area contributed by atoms with Crippen molar-refractivity contribution in [2.45, 2.75) is 58.8 Å². The van der Waals surface area contributed by atoms with Crippen LogP contribution in [0.15, 0.2) is 66.9 Å².